The standard InChI is InChI=1S/C17H26BrF3N2OSSi/c1-7-26(8-2,9-3)12-10-13(18)23-15(14(12)19)17(20,21)11-22-25(24)16(4,5)6/h10-11H,7-9H2,1-6H3/b22-11+. The van der Waals surface area contributed by atoms with Crippen LogP contribution < -0.4 is 5.19 Å². The van der Waals surface area contributed by atoms with Crippen molar-refractivity contribution in [1.29, 1.82) is 0 Å². The molecule has 0 spiro atoms. The van der Waals surface area contributed by atoms with Crippen molar-refractivity contribution in [3.63, 3.8) is 0 Å². The van der Waals surface area contributed by atoms with Gasteiger partial charge in [-0.25, -0.2) is 9.37 Å². The normalized spacial score (nSPS) is 14.9. The Morgan fingerprint density at radius 3 is 2.15 bits per heavy atom. The van der Waals surface area contributed by atoms with Gasteiger partial charge in [-0.15, -0.1) is 0 Å². The van der Waals surface area contributed by atoms with E-state index in [0.29, 0.717) is 5.19 Å². The minimum absolute atomic E-state index is 0.168. The zero-order chi connectivity index (χ0) is 20.3. The van der Waals surface area contributed by atoms with Crippen molar-refractivity contribution >= 4 is 46.8 Å². The van der Waals surface area contributed by atoms with Crippen molar-refractivity contribution in [2.45, 2.75) is 70.3 Å². The number of aromatic nitrogens is 1. The summed E-state index contributed by atoms with van der Waals surface area (Å²) in [6.45, 7) is 10.8. The summed E-state index contributed by atoms with van der Waals surface area (Å²) in [7, 11) is -2.24. The number of rotatable bonds is 7. The van der Waals surface area contributed by atoms with E-state index < -0.39 is 41.6 Å². The molecule has 148 valence electrons. The Balaban J connectivity index is 3.48. The molecule has 1 aromatic rings. The first-order chi connectivity index (χ1) is 11.8. The van der Waals surface area contributed by atoms with Crippen molar-refractivity contribution in [2.24, 2.45) is 4.40 Å². The first kappa shape index (κ1) is 23.7. The third kappa shape index (κ3) is 5.11. The molecule has 0 aromatic carbocycles. The van der Waals surface area contributed by atoms with Gasteiger partial charge in [0.25, 0.3) is 0 Å². The van der Waals surface area contributed by atoms with Gasteiger partial charge in [-0.2, -0.15) is 8.78 Å². The highest BCUT2D eigenvalue weighted by molar-refractivity contribution is 9.10. The molecular formula is C17H26BrF3N2OSSi. The molecule has 26 heavy (non-hydrogen) atoms. The van der Waals surface area contributed by atoms with Crippen LogP contribution in [0.5, 0.6) is 0 Å². The molecule has 0 N–H and O–H groups in total. The lowest BCUT2D eigenvalue weighted by atomic mass is 10.2. The molecule has 1 aromatic heterocycles. The summed E-state index contributed by atoms with van der Waals surface area (Å²) in [5, 5.41) is 0.354. The average Bonchev–Trinajstić information content (AvgIpc) is 2.56. The van der Waals surface area contributed by atoms with Gasteiger partial charge in [-0.05, 0) is 48.0 Å². The molecule has 0 amide bonds. The van der Waals surface area contributed by atoms with E-state index in [-0.39, 0.29) is 10.8 Å². The number of pyridine rings is 1. The fourth-order valence-electron chi connectivity index (χ4n) is 2.76. The summed E-state index contributed by atoms with van der Waals surface area (Å²) in [5.74, 6) is -4.72. The molecule has 0 aliphatic rings. The number of hydrogen-bond donors (Lipinski definition) is 0. The molecule has 1 rings (SSSR count). The first-order valence-electron chi connectivity index (χ1n) is 8.56. The third-order valence-corrected chi connectivity index (χ3v) is 12.0. The minimum Gasteiger partial charge on any atom is -0.591 e. The highest BCUT2D eigenvalue weighted by atomic mass is 79.9. The van der Waals surface area contributed by atoms with E-state index >= 15 is 4.39 Å². The summed E-state index contributed by atoms with van der Waals surface area (Å²) >= 11 is 1.28. The van der Waals surface area contributed by atoms with Gasteiger partial charge in [0.15, 0.2) is 11.5 Å². The van der Waals surface area contributed by atoms with E-state index in [2.05, 4.69) is 25.3 Å². The van der Waals surface area contributed by atoms with Crippen LogP contribution in [0, 0.1) is 5.82 Å². The van der Waals surface area contributed by atoms with Crippen molar-refractivity contribution in [1.82, 2.24) is 4.98 Å². The van der Waals surface area contributed by atoms with E-state index in [1.165, 1.54) is 6.07 Å². The van der Waals surface area contributed by atoms with Crippen molar-refractivity contribution in [3.8, 4) is 0 Å². The SMILES string of the molecule is CC[Si](CC)(CC)c1cc(Br)nc(C(F)(F)/C=N/[S+]([O-])C(C)(C)C)c1F. The van der Waals surface area contributed by atoms with Crippen LogP contribution in [-0.2, 0) is 17.3 Å². The van der Waals surface area contributed by atoms with Gasteiger partial charge in [0.1, 0.15) is 26.9 Å². The lowest BCUT2D eigenvalue weighted by molar-refractivity contribution is 0.0724. The van der Waals surface area contributed by atoms with Crippen LogP contribution >= 0.6 is 15.9 Å². The fraction of sp³-hybridized carbons (Fsp3) is 0.647. The molecule has 1 unspecified atom stereocenters. The molecule has 9 heteroatoms. The van der Waals surface area contributed by atoms with Crippen LogP contribution in [0.3, 0.4) is 0 Å². The van der Waals surface area contributed by atoms with E-state index in [9.17, 15) is 13.3 Å². The van der Waals surface area contributed by atoms with Crippen molar-refractivity contribution in [3.05, 3.63) is 22.2 Å². The molecule has 0 aliphatic carbocycles. The van der Waals surface area contributed by atoms with E-state index in [1.807, 2.05) is 20.8 Å². The maximum Gasteiger partial charge on any atom is 0.332 e. The Kier molecular flexibility index (Phi) is 7.96. The topological polar surface area (TPSA) is 48.3 Å². The molecule has 0 saturated carbocycles. The number of hydrogen-bond acceptors (Lipinski definition) is 3. The van der Waals surface area contributed by atoms with Crippen LogP contribution in [0.25, 0.3) is 0 Å². The van der Waals surface area contributed by atoms with Gasteiger partial charge < -0.3 is 4.55 Å². The summed E-state index contributed by atoms with van der Waals surface area (Å²) in [4.78, 5) is 3.69. The summed E-state index contributed by atoms with van der Waals surface area (Å²) < 4.78 is 59.1. The third-order valence-electron chi connectivity index (χ3n) is 4.68. The Bertz CT molecular complexity index is 656. The molecule has 0 bridgehead atoms. The minimum atomic E-state index is -3.75. The van der Waals surface area contributed by atoms with Crippen LogP contribution in [0.1, 0.15) is 47.2 Å². The Morgan fingerprint density at radius 2 is 1.73 bits per heavy atom. The van der Waals surface area contributed by atoms with Gasteiger partial charge in [0.2, 0.25) is 0 Å². The second kappa shape index (κ2) is 8.75. The molecule has 0 saturated heterocycles. The zero-order valence-corrected chi connectivity index (χ0v) is 19.4. The summed E-state index contributed by atoms with van der Waals surface area (Å²) in [6.07, 6.45) is 0.253. The van der Waals surface area contributed by atoms with Crippen LogP contribution in [0.2, 0.25) is 18.1 Å². The maximum atomic E-state index is 15.1. The molecule has 0 radical (unpaired) electrons. The number of halogens is 4. The monoisotopic (exact) mass is 470 g/mol. The van der Waals surface area contributed by atoms with E-state index in [0.717, 1.165) is 18.1 Å². The van der Waals surface area contributed by atoms with E-state index in [4.69, 9.17) is 0 Å². The van der Waals surface area contributed by atoms with E-state index in [1.54, 1.807) is 20.8 Å². The molecule has 1 heterocycles. The van der Waals surface area contributed by atoms with Gasteiger partial charge >= 0.3 is 5.92 Å². The smallest absolute Gasteiger partial charge is 0.332 e. The highest BCUT2D eigenvalue weighted by Gasteiger charge is 2.41. The lowest BCUT2D eigenvalue weighted by Gasteiger charge is -2.30. The second-order valence-electron chi connectivity index (χ2n) is 7.22. The Labute approximate surface area is 166 Å². The molecule has 0 aliphatic heterocycles. The molecular weight excluding hydrogens is 445 g/mol. The molecule has 1 atom stereocenters. The van der Waals surface area contributed by atoms with Gasteiger partial charge in [-0.3, -0.25) is 0 Å². The van der Waals surface area contributed by atoms with Gasteiger partial charge in [0.05, 0.1) is 8.07 Å². The zero-order valence-electron chi connectivity index (χ0n) is 16.0. The number of alkyl halides is 2. The second-order valence-corrected chi connectivity index (χ2v) is 15.2. The molecule has 0 fully saturated rings. The first-order valence-corrected chi connectivity index (χ1v) is 13.1. The van der Waals surface area contributed by atoms with Crippen LogP contribution in [0.15, 0.2) is 15.1 Å². The van der Waals surface area contributed by atoms with Crippen LogP contribution in [0.4, 0.5) is 13.2 Å². The summed E-state index contributed by atoms with van der Waals surface area (Å²) in [6, 6.07) is 3.78. The van der Waals surface area contributed by atoms with Crippen LogP contribution in [-0.4, -0.2) is 28.6 Å². The van der Waals surface area contributed by atoms with Gasteiger partial charge in [0, 0.05) is 0 Å². The van der Waals surface area contributed by atoms with Crippen molar-refractivity contribution in [2.75, 3.05) is 0 Å². The lowest BCUT2D eigenvalue weighted by Crippen LogP contribution is -2.48. The average molecular weight is 471 g/mol. The predicted molar refractivity (Wildman–Crippen MR) is 109 cm³/mol. The largest absolute Gasteiger partial charge is 0.591 e. The summed E-state index contributed by atoms with van der Waals surface area (Å²) in [5.41, 5.74) is -0.969. The predicted octanol–water partition coefficient (Wildman–Crippen LogP) is 5.32. The van der Waals surface area contributed by atoms with Crippen molar-refractivity contribution < 1.29 is 17.7 Å². The molecule has 3 nitrogen and oxygen atoms in total. The number of nitrogens with zero attached hydrogens (tertiary/aromatic N) is 2. The quantitative estimate of drug-likeness (QED) is 0.234. The Hall–Kier alpha value is -0.383. The Morgan fingerprint density at radius 1 is 1.23 bits per heavy atom. The van der Waals surface area contributed by atoms with Gasteiger partial charge in [-0.1, -0.05) is 43.3 Å². The highest BCUT2D eigenvalue weighted by Crippen LogP contribution is 2.31. The maximum absolute atomic E-state index is 15.1. The fourth-order valence-corrected chi connectivity index (χ4v) is 7.59.